The summed E-state index contributed by atoms with van der Waals surface area (Å²) in [5.74, 6) is -0.137. The molecular weight excluding hydrogens is 359 g/mol. The summed E-state index contributed by atoms with van der Waals surface area (Å²) in [4.78, 5) is 18.4. The van der Waals surface area contributed by atoms with E-state index in [1.165, 1.54) is 17.7 Å². The number of aryl methyl sites for hydroxylation is 2. The number of carbonyl (C=O) groups is 1. The van der Waals surface area contributed by atoms with Gasteiger partial charge in [0.05, 0.1) is 16.9 Å². The van der Waals surface area contributed by atoms with Gasteiger partial charge in [-0.05, 0) is 71.0 Å². The molecule has 2 aromatic rings. The molecule has 2 heterocycles. The average molecular weight is 384 g/mol. The van der Waals surface area contributed by atoms with Gasteiger partial charge in [-0.2, -0.15) is 0 Å². The molecule has 0 unspecified atom stereocenters. The van der Waals surface area contributed by atoms with E-state index in [1.807, 2.05) is 52.0 Å². The van der Waals surface area contributed by atoms with Gasteiger partial charge < -0.3 is 9.31 Å². The van der Waals surface area contributed by atoms with Crippen molar-refractivity contribution in [1.82, 2.24) is 4.98 Å². The molecule has 4 rings (SSSR count). The molecule has 0 radical (unpaired) electrons. The topological polar surface area (TPSA) is 60.5 Å². The lowest BCUT2D eigenvalue weighted by Gasteiger charge is -2.32. The van der Waals surface area contributed by atoms with Gasteiger partial charge in [0.2, 0.25) is 0 Å². The minimum absolute atomic E-state index is 0.137. The Morgan fingerprint density at radius 3 is 2.33 bits per heavy atom. The fourth-order valence-corrected chi connectivity index (χ4v) is 4.39. The number of benzene rings is 1. The van der Waals surface area contributed by atoms with E-state index >= 15 is 0 Å². The summed E-state index contributed by atoms with van der Waals surface area (Å²) in [6, 6.07) is 7.40. The van der Waals surface area contributed by atoms with Crippen molar-refractivity contribution in [3.8, 4) is 0 Å². The maximum Gasteiger partial charge on any atom is 0.494 e. The van der Waals surface area contributed by atoms with E-state index in [9.17, 15) is 4.79 Å². The highest BCUT2D eigenvalue weighted by Gasteiger charge is 2.51. The number of anilines is 1. The number of nitrogens with one attached hydrogen (secondary N) is 1. The first kappa shape index (κ1) is 18.7. The van der Waals surface area contributed by atoms with Crippen LogP contribution in [0.15, 0.2) is 24.3 Å². The van der Waals surface area contributed by atoms with Crippen LogP contribution in [0, 0.1) is 0 Å². The number of aromatic nitrogens is 1. The zero-order valence-corrected chi connectivity index (χ0v) is 17.1. The summed E-state index contributed by atoms with van der Waals surface area (Å²) in [5.41, 5.74) is 1.91. The minimum Gasteiger partial charge on any atom is -0.399 e. The Labute approximate surface area is 164 Å². The SMILES string of the molecule is CC1(C)OB(c2ccc(C(=O)Nc3nc4c(s3)CCCC4)cc2)OC1(C)C. The Kier molecular flexibility index (Phi) is 4.65. The van der Waals surface area contributed by atoms with E-state index in [0.717, 1.165) is 24.0 Å². The average Bonchev–Trinajstić information content (AvgIpc) is 3.12. The monoisotopic (exact) mass is 384 g/mol. The summed E-state index contributed by atoms with van der Waals surface area (Å²) in [6.07, 6.45) is 4.49. The fraction of sp³-hybridized carbons (Fsp3) is 0.500. The smallest absolute Gasteiger partial charge is 0.399 e. The molecule has 0 saturated carbocycles. The van der Waals surface area contributed by atoms with Gasteiger partial charge in [0.1, 0.15) is 0 Å². The van der Waals surface area contributed by atoms with Crippen molar-refractivity contribution in [2.24, 2.45) is 0 Å². The van der Waals surface area contributed by atoms with Crippen LogP contribution in [0.4, 0.5) is 5.13 Å². The van der Waals surface area contributed by atoms with E-state index in [2.05, 4.69) is 10.3 Å². The minimum atomic E-state index is -0.419. The van der Waals surface area contributed by atoms with Crippen molar-refractivity contribution >= 4 is 35.0 Å². The number of hydrogen-bond acceptors (Lipinski definition) is 5. The van der Waals surface area contributed by atoms with Gasteiger partial charge in [-0.3, -0.25) is 10.1 Å². The molecule has 1 aliphatic heterocycles. The van der Waals surface area contributed by atoms with Crippen LogP contribution in [0.1, 0.15) is 61.5 Å². The van der Waals surface area contributed by atoms with E-state index in [1.54, 1.807) is 11.3 Å². The molecule has 1 saturated heterocycles. The third kappa shape index (κ3) is 3.56. The van der Waals surface area contributed by atoms with Gasteiger partial charge in [0.25, 0.3) is 5.91 Å². The number of rotatable bonds is 3. The Hall–Kier alpha value is -1.70. The van der Waals surface area contributed by atoms with Gasteiger partial charge in [-0.1, -0.05) is 12.1 Å². The first-order chi connectivity index (χ1) is 12.7. The quantitative estimate of drug-likeness (QED) is 0.822. The largest absolute Gasteiger partial charge is 0.494 e. The molecule has 2 aliphatic rings. The molecule has 5 nitrogen and oxygen atoms in total. The van der Waals surface area contributed by atoms with Gasteiger partial charge >= 0.3 is 7.12 Å². The van der Waals surface area contributed by atoms with Gasteiger partial charge in [-0.25, -0.2) is 4.98 Å². The summed E-state index contributed by atoms with van der Waals surface area (Å²) in [5, 5.41) is 3.63. The molecule has 1 aromatic heterocycles. The Balaban J connectivity index is 1.44. The van der Waals surface area contributed by atoms with Crippen molar-refractivity contribution in [2.45, 2.75) is 64.6 Å². The lowest BCUT2D eigenvalue weighted by atomic mass is 9.79. The Bertz CT molecular complexity index is 821. The zero-order valence-electron chi connectivity index (χ0n) is 16.3. The number of fused-ring (bicyclic) bond motifs is 1. The van der Waals surface area contributed by atoms with Crippen molar-refractivity contribution < 1.29 is 14.1 Å². The van der Waals surface area contributed by atoms with Gasteiger partial charge in [-0.15, -0.1) is 11.3 Å². The molecule has 7 heteroatoms. The lowest BCUT2D eigenvalue weighted by molar-refractivity contribution is 0.00578. The van der Waals surface area contributed by atoms with Gasteiger partial charge in [0.15, 0.2) is 5.13 Å². The molecule has 0 spiro atoms. The van der Waals surface area contributed by atoms with Crippen molar-refractivity contribution in [2.75, 3.05) is 5.32 Å². The molecular formula is C20H25BN2O3S. The zero-order chi connectivity index (χ0) is 19.2. The maximum absolute atomic E-state index is 12.6. The van der Waals surface area contributed by atoms with Crippen LogP contribution < -0.4 is 10.8 Å². The molecule has 1 aliphatic carbocycles. The molecule has 1 fully saturated rings. The molecule has 0 atom stereocenters. The van der Waals surface area contributed by atoms with E-state index < -0.39 is 7.12 Å². The number of thiazole rings is 1. The summed E-state index contributed by atoms with van der Waals surface area (Å²) in [6.45, 7) is 8.12. The van der Waals surface area contributed by atoms with Crippen molar-refractivity contribution in [1.29, 1.82) is 0 Å². The predicted octanol–water partition coefficient (Wildman–Crippen LogP) is 3.57. The third-order valence-electron chi connectivity index (χ3n) is 5.76. The number of nitrogens with zero attached hydrogens (tertiary/aromatic N) is 1. The molecule has 0 bridgehead atoms. The molecule has 1 amide bonds. The first-order valence-corrected chi connectivity index (χ1v) is 10.3. The van der Waals surface area contributed by atoms with Crippen LogP contribution in [-0.2, 0) is 22.2 Å². The normalized spacial score (nSPS) is 20.4. The highest BCUT2D eigenvalue weighted by Crippen LogP contribution is 2.36. The highest BCUT2D eigenvalue weighted by atomic mass is 32.1. The van der Waals surface area contributed by atoms with E-state index in [4.69, 9.17) is 9.31 Å². The van der Waals surface area contributed by atoms with E-state index in [-0.39, 0.29) is 17.1 Å². The summed E-state index contributed by atoms with van der Waals surface area (Å²) >= 11 is 1.60. The second-order valence-corrected chi connectivity index (χ2v) is 9.34. The number of hydrogen-bond donors (Lipinski definition) is 1. The highest BCUT2D eigenvalue weighted by molar-refractivity contribution is 7.15. The first-order valence-electron chi connectivity index (χ1n) is 9.51. The van der Waals surface area contributed by atoms with Crippen molar-refractivity contribution in [3.63, 3.8) is 0 Å². The maximum atomic E-state index is 12.6. The standard InChI is InChI=1S/C20H25BN2O3S/c1-19(2)20(3,4)26-21(25-19)14-11-9-13(10-12-14)17(24)23-18-22-15-7-5-6-8-16(15)27-18/h9-12H,5-8H2,1-4H3,(H,22,23,24). The van der Waals surface area contributed by atoms with Crippen LogP contribution in [0.25, 0.3) is 0 Å². The molecule has 27 heavy (non-hydrogen) atoms. The second-order valence-electron chi connectivity index (χ2n) is 8.26. The number of amides is 1. The van der Waals surface area contributed by atoms with Crippen molar-refractivity contribution in [3.05, 3.63) is 40.4 Å². The molecule has 142 valence electrons. The molecule has 1 aromatic carbocycles. The predicted molar refractivity (Wildman–Crippen MR) is 109 cm³/mol. The Morgan fingerprint density at radius 2 is 1.70 bits per heavy atom. The summed E-state index contributed by atoms with van der Waals surface area (Å²) < 4.78 is 12.1. The third-order valence-corrected chi connectivity index (χ3v) is 6.84. The van der Waals surface area contributed by atoms with Crippen LogP contribution in [0.3, 0.4) is 0 Å². The lowest BCUT2D eigenvalue weighted by Crippen LogP contribution is -2.41. The van der Waals surface area contributed by atoms with Gasteiger partial charge in [0, 0.05) is 10.4 Å². The van der Waals surface area contributed by atoms with Crippen LogP contribution in [0.2, 0.25) is 0 Å². The van der Waals surface area contributed by atoms with Crippen LogP contribution >= 0.6 is 11.3 Å². The number of carbonyl (C=O) groups excluding carboxylic acids is 1. The Morgan fingerprint density at radius 1 is 1.07 bits per heavy atom. The van der Waals surface area contributed by atoms with Crippen LogP contribution in [-0.4, -0.2) is 29.2 Å². The van der Waals surface area contributed by atoms with Crippen LogP contribution in [0.5, 0.6) is 0 Å². The second kappa shape index (κ2) is 6.72. The van der Waals surface area contributed by atoms with E-state index in [0.29, 0.717) is 10.7 Å². The fourth-order valence-electron chi connectivity index (χ4n) is 3.35. The molecule has 1 N–H and O–H groups in total. The summed E-state index contributed by atoms with van der Waals surface area (Å²) in [7, 11) is -0.419.